The zero-order chi connectivity index (χ0) is 24.0. The summed E-state index contributed by atoms with van der Waals surface area (Å²) in [5, 5.41) is 11.9. The molecule has 0 heterocycles. The summed E-state index contributed by atoms with van der Waals surface area (Å²) >= 11 is 11.4. The Hall–Kier alpha value is -2.32. The first-order valence-electron chi connectivity index (χ1n) is 10.8. The van der Waals surface area contributed by atoms with Crippen molar-refractivity contribution in [1.29, 1.82) is 0 Å². The van der Waals surface area contributed by atoms with Crippen molar-refractivity contribution >= 4 is 40.5 Å². The summed E-state index contributed by atoms with van der Waals surface area (Å²) in [7, 11) is 0. The lowest BCUT2D eigenvalue weighted by Gasteiger charge is -2.21. The minimum absolute atomic E-state index is 0.145. The summed E-state index contributed by atoms with van der Waals surface area (Å²) in [6.45, 7) is 0.371. The van der Waals surface area contributed by atoms with Crippen LogP contribution in [0.5, 0.6) is 5.75 Å². The highest BCUT2D eigenvalue weighted by molar-refractivity contribution is 7.81. The van der Waals surface area contributed by atoms with Gasteiger partial charge in [-0.2, -0.15) is 13.2 Å². The first-order valence-corrected chi connectivity index (χ1v) is 11.6. The molecule has 0 saturated heterocycles. The van der Waals surface area contributed by atoms with Crippen LogP contribution in [0.1, 0.15) is 55.2 Å². The number of hydrogen-bond acceptors (Lipinski definition) is 3. The van der Waals surface area contributed by atoms with E-state index in [1.54, 1.807) is 0 Å². The number of ether oxygens (including phenoxy) is 1. The maximum absolute atomic E-state index is 13.8. The number of alkyl halides is 3. The van der Waals surface area contributed by atoms with E-state index in [1.807, 2.05) is 0 Å². The Balaban J connectivity index is 1.75. The highest BCUT2D eigenvalue weighted by atomic mass is 35.5. The smallest absolute Gasteiger partial charge is 0.417 e. The molecule has 1 fully saturated rings. The Labute approximate surface area is 201 Å². The third kappa shape index (κ3) is 7.33. The molecule has 0 atom stereocenters. The average Bonchev–Trinajstić information content (AvgIpc) is 2.76. The quantitative estimate of drug-likeness (QED) is 0.378. The standard InChI is InChI=1S/C24H25ClF3NO3S/c25-20-9-6-16(13-22(30)31)12-21(20)29-23(33)18-8-7-17(14-19(18)24(26,27)28)32-11-10-15-4-2-1-3-5-15/h6-9,12,14-15H,1-5,10-11,13H2,(H,29,33)(H,30,31). The zero-order valence-corrected chi connectivity index (χ0v) is 19.5. The molecule has 1 aliphatic carbocycles. The molecule has 0 aliphatic heterocycles. The van der Waals surface area contributed by atoms with Crippen LogP contribution in [0, 0.1) is 5.92 Å². The number of carboxylic acid groups (broad SMARTS) is 1. The van der Waals surface area contributed by atoms with Gasteiger partial charge in [0.25, 0.3) is 0 Å². The molecule has 0 radical (unpaired) electrons. The fourth-order valence-electron chi connectivity index (χ4n) is 4.01. The monoisotopic (exact) mass is 499 g/mol. The summed E-state index contributed by atoms with van der Waals surface area (Å²) in [4.78, 5) is 10.8. The molecule has 0 spiro atoms. The Morgan fingerprint density at radius 2 is 1.88 bits per heavy atom. The van der Waals surface area contributed by atoms with Crippen molar-refractivity contribution < 1.29 is 27.8 Å². The second-order valence-electron chi connectivity index (χ2n) is 8.19. The lowest BCUT2D eigenvalue weighted by molar-refractivity contribution is -0.138. The van der Waals surface area contributed by atoms with Crippen LogP contribution < -0.4 is 10.1 Å². The number of hydrogen-bond donors (Lipinski definition) is 2. The number of aliphatic carboxylic acids is 1. The number of thiocarbonyl (C=S) groups is 1. The molecule has 0 amide bonds. The highest BCUT2D eigenvalue weighted by Gasteiger charge is 2.35. The summed E-state index contributed by atoms with van der Waals surface area (Å²) in [6.07, 6.45) is 1.87. The van der Waals surface area contributed by atoms with Crippen molar-refractivity contribution in [3.05, 3.63) is 58.1 Å². The van der Waals surface area contributed by atoms with Crippen LogP contribution in [0.25, 0.3) is 0 Å². The van der Waals surface area contributed by atoms with Crippen molar-refractivity contribution in [3.8, 4) is 5.75 Å². The van der Waals surface area contributed by atoms with Crippen molar-refractivity contribution in [2.75, 3.05) is 11.9 Å². The zero-order valence-electron chi connectivity index (χ0n) is 17.9. The SMILES string of the molecule is O=C(O)Cc1ccc(Cl)c(NC(=S)c2ccc(OCCC3CCCCC3)cc2C(F)(F)F)c1. The fraction of sp³-hybridized carbons (Fsp3) is 0.417. The van der Waals surface area contributed by atoms with Gasteiger partial charge in [-0.25, -0.2) is 0 Å². The third-order valence-electron chi connectivity index (χ3n) is 5.69. The van der Waals surface area contributed by atoms with E-state index in [4.69, 9.17) is 33.7 Å². The van der Waals surface area contributed by atoms with Gasteiger partial charge in [0.15, 0.2) is 0 Å². The predicted octanol–water partition coefficient (Wildman–Crippen LogP) is 7.12. The molecule has 2 aromatic carbocycles. The van der Waals surface area contributed by atoms with Crippen molar-refractivity contribution in [2.45, 2.75) is 51.1 Å². The lowest BCUT2D eigenvalue weighted by atomic mass is 9.87. The number of carboxylic acids is 1. The van der Waals surface area contributed by atoms with Gasteiger partial charge in [-0.15, -0.1) is 0 Å². The fourth-order valence-corrected chi connectivity index (χ4v) is 4.46. The molecule has 0 unspecified atom stereocenters. The van der Waals surface area contributed by atoms with Gasteiger partial charge >= 0.3 is 12.1 Å². The number of nitrogens with one attached hydrogen (secondary N) is 1. The molecule has 4 nitrogen and oxygen atoms in total. The number of rotatable bonds is 8. The minimum atomic E-state index is -4.64. The van der Waals surface area contributed by atoms with Gasteiger partial charge in [-0.1, -0.05) is 62.0 Å². The highest BCUT2D eigenvalue weighted by Crippen LogP contribution is 2.36. The van der Waals surface area contributed by atoms with E-state index in [1.165, 1.54) is 49.6 Å². The molecule has 1 aliphatic rings. The first kappa shape index (κ1) is 25.3. The molecule has 3 rings (SSSR count). The topological polar surface area (TPSA) is 58.6 Å². The van der Waals surface area contributed by atoms with Gasteiger partial charge in [0.1, 0.15) is 10.7 Å². The van der Waals surface area contributed by atoms with Crippen LogP contribution in [0.4, 0.5) is 18.9 Å². The molecule has 33 heavy (non-hydrogen) atoms. The summed E-state index contributed by atoms with van der Waals surface area (Å²) in [6, 6.07) is 8.18. The van der Waals surface area contributed by atoms with Gasteiger partial charge < -0.3 is 15.2 Å². The van der Waals surface area contributed by atoms with E-state index in [-0.39, 0.29) is 33.4 Å². The van der Waals surface area contributed by atoms with E-state index in [0.717, 1.165) is 25.3 Å². The number of benzene rings is 2. The maximum atomic E-state index is 13.8. The van der Waals surface area contributed by atoms with Crippen molar-refractivity contribution in [2.24, 2.45) is 5.92 Å². The molecular weight excluding hydrogens is 475 g/mol. The van der Waals surface area contributed by atoms with Crippen molar-refractivity contribution in [1.82, 2.24) is 0 Å². The van der Waals surface area contributed by atoms with Crippen LogP contribution in [-0.4, -0.2) is 22.7 Å². The average molecular weight is 500 g/mol. The molecule has 178 valence electrons. The van der Waals surface area contributed by atoms with Crippen LogP contribution >= 0.6 is 23.8 Å². The third-order valence-corrected chi connectivity index (χ3v) is 6.35. The largest absolute Gasteiger partial charge is 0.494 e. The van der Waals surface area contributed by atoms with Gasteiger partial charge in [-0.05, 0) is 48.2 Å². The Kier molecular flexibility index (Phi) is 8.59. The van der Waals surface area contributed by atoms with Crippen LogP contribution in [0.2, 0.25) is 5.02 Å². The lowest BCUT2D eigenvalue weighted by Crippen LogP contribution is -2.18. The minimum Gasteiger partial charge on any atom is -0.494 e. The molecule has 2 aromatic rings. The predicted molar refractivity (Wildman–Crippen MR) is 126 cm³/mol. The van der Waals surface area contributed by atoms with Crippen LogP contribution in [0.15, 0.2) is 36.4 Å². The Morgan fingerprint density at radius 3 is 2.55 bits per heavy atom. The van der Waals surface area contributed by atoms with Crippen molar-refractivity contribution in [3.63, 3.8) is 0 Å². The van der Waals surface area contributed by atoms with E-state index < -0.39 is 17.7 Å². The second kappa shape index (κ2) is 11.2. The number of carbonyl (C=O) groups is 1. The van der Waals surface area contributed by atoms with Gasteiger partial charge in [0, 0.05) is 5.56 Å². The molecule has 2 N–H and O–H groups in total. The Bertz CT molecular complexity index is 1010. The first-order chi connectivity index (χ1) is 15.6. The molecular formula is C24H25ClF3NO3S. The number of halogens is 4. The van der Waals surface area contributed by atoms with Gasteiger partial charge in [0.2, 0.25) is 0 Å². The van der Waals surface area contributed by atoms with E-state index in [2.05, 4.69) is 5.32 Å². The van der Waals surface area contributed by atoms with E-state index in [9.17, 15) is 18.0 Å². The molecule has 0 bridgehead atoms. The van der Waals surface area contributed by atoms with E-state index in [0.29, 0.717) is 18.1 Å². The summed E-state index contributed by atoms with van der Waals surface area (Å²) < 4.78 is 47.0. The number of anilines is 1. The van der Waals surface area contributed by atoms with Gasteiger partial charge in [-0.3, -0.25) is 4.79 Å². The Morgan fingerprint density at radius 1 is 1.15 bits per heavy atom. The summed E-state index contributed by atoms with van der Waals surface area (Å²) in [5.41, 5.74) is -0.443. The normalized spacial score (nSPS) is 14.7. The molecule has 9 heteroatoms. The van der Waals surface area contributed by atoms with Gasteiger partial charge in [0.05, 0.1) is 29.3 Å². The molecule has 0 aromatic heterocycles. The van der Waals surface area contributed by atoms with Crippen LogP contribution in [-0.2, 0) is 17.4 Å². The molecule has 1 saturated carbocycles. The second-order valence-corrected chi connectivity index (χ2v) is 9.00. The van der Waals surface area contributed by atoms with Crippen LogP contribution in [0.3, 0.4) is 0 Å². The maximum Gasteiger partial charge on any atom is 0.417 e. The summed E-state index contributed by atoms with van der Waals surface area (Å²) in [5.74, 6) is -0.325. The van der Waals surface area contributed by atoms with E-state index >= 15 is 0 Å².